The first-order chi connectivity index (χ1) is 16.7. The summed E-state index contributed by atoms with van der Waals surface area (Å²) in [6.07, 6.45) is 11.6. The molecular formula is C29H49BrO4S2. The molecule has 1 spiro atoms. The Balaban J connectivity index is 1.52. The molecule has 1 saturated heterocycles. The first kappa shape index (κ1) is 27.9. The lowest BCUT2D eigenvalue weighted by Gasteiger charge is -2.65. The molecule has 36 heavy (non-hydrogen) atoms. The average molecular weight is 606 g/mol. The van der Waals surface area contributed by atoms with Crippen LogP contribution in [-0.4, -0.2) is 37.2 Å². The minimum absolute atomic E-state index is 0.177. The third kappa shape index (κ3) is 3.88. The zero-order valence-electron chi connectivity index (χ0n) is 23.1. The lowest BCUT2D eigenvalue weighted by Crippen LogP contribution is -2.66. The van der Waals surface area contributed by atoms with E-state index in [0.717, 1.165) is 31.6 Å². The maximum Gasteiger partial charge on any atom is 0.176 e. The van der Waals surface area contributed by atoms with Gasteiger partial charge in [-0.05, 0) is 104 Å². The molecule has 1 heterocycles. The quantitative estimate of drug-likeness (QED) is 0.316. The zero-order valence-corrected chi connectivity index (χ0v) is 26.4. The van der Waals surface area contributed by atoms with Crippen molar-refractivity contribution in [1.82, 2.24) is 0 Å². The molecule has 1 aliphatic heterocycles. The minimum atomic E-state index is -3.71. The number of fused-ring (bicyclic) bond motifs is 6. The molecule has 5 rings (SSSR count). The Morgan fingerprint density at radius 3 is 2.08 bits per heavy atom. The normalized spacial score (nSPS) is 47.3. The maximum atomic E-state index is 13.9. The van der Waals surface area contributed by atoms with E-state index < -0.39 is 23.8 Å². The second-order valence-corrected chi connectivity index (χ2v) is 20.8. The smallest absolute Gasteiger partial charge is 0.176 e. The van der Waals surface area contributed by atoms with Gasteiger partial charge in [0, 0.05) is 4.83 Å². The molecule has 0 radical (unpaired) electrons. The highest BCUT2D eigenvalue weighted by molar-refractivity contribution is 9.09. The van der Waals surface area contributed by atoms with Crippen molar-refractivity contribution in [1.29, 1.82) is 0 Å². The summed E-state index contributed by atoms with van der Waals surface area (Å²) >= 11 is 3.79. The van der Waals surface area contributed by atoms with Gasteiger partial charge in [0.25, 0.3) is 0 Å². The topological polar surface area (TPSA) is 68.3 Å². The van der Waals surface area contributed by atoms with Gasteiger partial charge in [-0.25, -0.2) is 16.8 Å². The Morgan fingerprint density at radius 1 is 0.833 bits per heavy atom. The molecule has 4 nitrogen and oxygen atoms in total. The average Bonchev–Trinajstić information content (AvgIpc) is 3.22. The predicted octanol–water partition coefficient (Wildman–Crippen LogP) is 7.02. The van der Waals surface area contributed by atoms with Crippen LogP contribution in [0.4, 0.5) is 0 Å². The molecule has 7 heteroatoms. The fraction of sp³-hybridized carbons (Fsp3) is 1.00. The fourth-order valence-corrected chi connectivity index (χ4v) is 18.3. The summed E-state index contributed by atoms with van der Waals surface area (Å²) in [7, 11) is -7.41. The molecule has 0 bridgehead atoms. The van der Waals surface area contributed by atoms with Gasteiger partial charge in [-0.15, -0.1) is 0 Å². The van der Waals surface area contributed by atoms with Gasteiger partial charge in [-0.3, -0.25) is 0 Å². The molecule has 0 N–H and O–H groups in total. The number of sulfone groups is 2. The lowest BCUT2D eigenvalue weighted by molar-refractivity contribution is -0.117. The van der Waals surface area contributed by atoms with Gasteiger partial charge in [0.15, 0.2) is 23.8 Å². The van der Waals surface area contributed by atoms with Gasteiger partial charge in [-0.1, -0.05) is 69.8 Å². The largest absolute Gasteiger partial charge is 0.227 e. The van der Waals surface area contributed by atoms with E-state index >= 15 is 0 Å². The standard InChI is InChI=1S/C29H49BrO4S2/c1-19(2)7-6-8-20(3)23-9-10-24-22-18-29(35(31,32)15-16-36(29,33)34)26-17-21(30)11-13-28(26,5)25(22)12-14-27(23,24)4/h19-26H,6-18H2,1-5H3/t20-,21+,22+,23-,24+,25+,26+,27-,28-/m1/s1. The zero-order chi connectivity index (χ0) is 26.3. The number of hydrogen-bond acceptors (Lipinski definition) is 4. The van der Waals surface area contributed by atoms with Crippen LogP contribution in [0.1, 0.15) is 105 Å². The summed E-state index contributed by atoms with van der Waals surface area (Å²) < 4.78 is 53.9. The number of alkyl halides is 1. The molecule has 0 aromatic carbocycles. The Bertz CT molecular complexity index is 1030. The molecule has 9 atom stereocenters. The van der Waals surface area contributed by atoms with Crippen molar-refractivity contribution in [3.05, 3.63) is 0 Å². The summed E-state index contributed by atoms with van der Waals surface area (Å²) in [5.74, 6) is 2.59. The van der Waals surface area contributed by atoms with Crippen LogP contribution < -0.4 is 0 Å². The van der Waals surface area contributed by atoms with E-state index in [1.165, 1.54) is 32.1 Å². The van der Waals surface area contributed by atoms with Gasteiger partial charge < -0.3 is 0 Å². The van der Waals surface area contributed by atoms with Crippen LogP contribution in [0.2, 0.25) is 0 Å². The van der Waals surface area contributed by atoms with Crippen LogP contribution in [0.5, 0.6) is 0 Å². The van der Waals surface area contributed by atoms with Crippen LogP contribution in [0.15, 0.2) is 0 Å². The monoisotopic (exact) mass is 604 g/mol. The van der Waals surface area contributed by atoms with E-state index in [-0.39, 0.29) is 39.0 Å². The molecule has 4 saturated carbocycles. The van der Waals surface area contributed by atoms with E-state index in [4.69, 9.17) is 0 Å². The van der Waals surface area contributed by atoms with E-state index in [0.29, 0.717) is 36.5 Å². The summed E-state index contributed by atoms with van der Waals surface area (Å²) in [5.41, 5.74) is 0.00151. The SMILES string of the molecule is CC(C)CCC[C@@H](C)[C@H]1CC[C@H]2[C@@H]3CC4([C@H]5C[C@@H](Br)CC[C@]5(C)[C@H]3CC[C@]12C)S(=O)(=O)CCS4(=O)=O. The van der Waals surface area contributed by atoms with E-state index in [2.05, 4.69) is 50.5 Å². The first-order valence-electron chi connectivity index (χ1n) is 14.8. The van der Waals surface area contributed by atoms with Crippen molar-refractivity contribution in [3.8, 4) is 0 Å². The van der Waals surface area contributed by atoms with Crippen molar-refractivity contribution >= 4 is 35.6 Å². The summed E-state index contributed by atoms with van der Waals surface area (Å²) in [4.78, 5) is 0.214. The summed E-state index contributed by atoms with van der Waals surface area (Å²) in [5, 5.41) is 0. The third-order valence-corrected chi connectivity index (χ3v) is 19.6. The fourth-order valence-electron chi connectivity index (χ4n) is 10.7. The van der Waals surface area contributed by atoms with Crippen LogP contribution in [0.3, 0.4) is 0 Å². The molecule has 5 aliphatic rings. The molecule has 0 aromatic rings. The second kappa shape index (κ2) is 9.21. The van der Waals surface area contributed by atoms with Gasteiger partial charge in [0.05, 0.1) is 11.5 Å². The second-order valence-electron chi connectivity index (χ2n) is 14.5. The summed E-state index contributed by atoms with van der Waals surface area (Å²) in [6.45, 7) is 11.9. The van der Waals surface area contributed by atoms with E-state index in [1.54, 1.807) is 0 Å². The Hall–Kier alpha value is 0.380. The van der Waals surface area contributed by atoms with Gasteiger partial charge >= 0.3 is 0 Å². The van der Waals surface area contributed by atoms with Crippen molar-refractivity contribution in [2.24, 2.45) is 52.3 Å². The van der Waals surface area contributed by atoms with Gasteiger partial charge in [0.1, 0.15) is 0 Å². The highest BCUT2D eigenvalue weighted by atomic mass is 79.9. The number of hydrogen-bond donors (Lipinski definition) is 0. The van der Waals surface area contributed by atoms with Crippen molar-refractivity contribution < 1.29 is 16.8 Å². The van der Waals surface area contributed by atoms with E-state index in [1.807, 2.05) is 0 Å². The van der Waals surface area contributed by atoms with Crippen LogP contribution in [-0.2, 0) is 19.7 Å². The molecule has 0 aromatic heterocycles. The Kier molecular flexibility index (Phi) is 7.15. The van der Waals surface area contributed by atoms with Crippen molar-refractivity contribution in [2.45, 2.75) is 114 Å². The van der Waals surface area contributed by atoms with Gasteiger partial charge in [-0.2, -0.15) is 0 Å². The highest BCUT2D eigenvalue weighted by Crippen LogP contribution is 2.72. The van der Waals surface area contributed by atoms with E-state index in [9.17, 15) is 16.8 Å². The molecule has 5 fully saturated rings. The first-order valence-corrected chi connectivity index (χ1v) is 19.0. The molecule has 0 unspecified atom stereocenters. The Labute approximate surface area is 229 Å². The van der Waals surface area contributed by atoms with Crippen LogP contribution >= 0.6 is 15.9 Å². The number of halogens is 1. The van der Waals surface area contributed by atoms with Gasteiger partial charge in [0.2, 0.25) is 0 Å². The third-order valence-electron chi connectivity index (χ3n) is 12.5. The molecule has 208 valence electrons. The predicted molar refractivity (Wildman–Crippen MR) is 151 cm³/mol. The Morgan fingerprint density at radius 2 is 1.44 bits per heavy atom. The van der Waals surface area contributed by atoms with Crippen LogP contribution in [0.25, 0.3) is 0 Å². The number of rotatable bonds is 5. The summed E-state index contributed by atoms with van der Waals surface area (Å²) in [6, 6.07) is 0. The van der Waals surface area contributed by atoms with Crippen molar-refractivity contribution in [2.75, 3.05) is 11.5 Å². The highest BCUT2D eigenvalue weighted by Gasteiger charge is 2.74. The van der Waals surface area contributed by atoms with Crippen molar-refractivity contribution in [3.63, 3.8) is 0 Å². The van der Waals surface area contributed by atoms with Crippen LogP contribution in [0, 0.1) is 52.3 Å². The molecule has 0 amide bonds. The molecular weight excluding hydrogens is 556 g/mol. The maximum absolute atomic E-state index is 13.9. The minimum Gasteiger partial charge on any atom is -0.227 e. The lowest BCUT2D eigenvalue weighted by atomic mass is 9.44. The molecule has 4 aliphatic carbocycles.